The lowest BCUT2D eigenvalue weighted by Crippen LogP contribution is -2.30. The van der Waals surface area contributed by atoms with E-state index in [4.69, 9.17) is 9.47 Å². The monoisotopic (exact) mass is 519 g/mol. The molecule has 4 aromatic carbocycles. The Kier molecular flexibility index (Phi) is 7.50. The summed E-state index contributed by atoms with van der Waals surface area (Å²) < 4.78 is 13.9. The molecule has 0 aliphatic rings. The summed E-state index contributed by atoms with van der Waals surface area (Å²) in [5.41, 5.74) is 2.19. The van der Waals surface area contributed by atoms with Crippen LogP contribution in [0, 0.1) is 0 Å². The molecule has 0 aliphatic heterocycles. The highest BCUT2D eigenvalue weighted by Crippen LogP contribution is 2.27. The van der Waals surface area contributed by atoms with Gasteiger partial charge in [-0.15, -0.1) is 0 Å². The maximum absolute atomic E-state index is 12.6. The Hall–Kier alpha value is -5.17. The molecule has 0 saturated carbocycles. The van der Waals surface area contributed by atoms with Gasteiger partial charge in [0.1, 0.15) is 25.2 Å². The average molecular weight is 520 g/mol. The third kappa shape index (κ3) is 6.40. The summed E-state index contributed by atoms with van der Waals surface area (Å²) in [6.45, 7) is 0.511. The Labute approximate surface area is 225 Å². The molecule has 5 rings (SSSR count). The number of aromatic carboxylic acids is 1. The van der Waals surface area contributed by atoms with Crippen molar-refractivity contribution in [2.75, 3.05) is 5.32 Å². The fourth-order valence-electron chi connectivity index (χ4n) is 4.24. The number of carboxylic acid groups (broad SMARTS) is 1. The van der Waals surface area contributed by atoms with Crippen LogP contribution in [0.25, 0.3) is 10.8 Å². The van der Waals surface area contributed by atoms with Crippen molar-refractivity contribution in [3.05, 3.63) is 126 Å². The number of aryl methyl sites for hydroxylation is 1. The molecule has 194 valence electrons. The zero-order valence-electron chi connectivity index (χ0n) is 21.3. The number of fused-ring (bicyclic) bond motifs is 1. The Morgan fingerprint density at radius 3 is 2.23 bits per heavy atom. The van der Waals surface area contributed by atoms with Crippen LogP contribution in [0.4, 0.5) is 5.69 Å². The maximum atomic E-state index is 12.6. The molecule has 0 atom stereocenters. The molecular weight excluding hydrogens is 492 g/mol. The number of anilines is 1. The van der Waals surface area contributed by atoms with Crippen LogP contribution in [-0.4, -0.2) is 17.0 Å². The van der Waals surface area contributed by atoms with Gasteiger partial charge in [0.15, 0.2) is 6.20 Å². The van der Waals surface area contributed by atoms with Gasteiger partial charge >= 0.3 is 11.8 Å². The van der Waals surface area contributed by atoms with Gasteiger partial charge in [-0.3, -0.25) is 4.79 Å². The summed E-state index contributed by atoms with van der Waals surface area (Å²) in [5.74, 6) is 0.699. The number of ether oxygens (including phenoxy) is 2. The van der Waals surface area contributed by atoms with Crippen molar-refractivity contribution in [3.63, 3.8) is 0 Å². The zero-order valence-corrected chi connectivity index (χ0v) is 21.3. The minimum absolute atomic E-state index is 0.0477. The summed E-state index contributed by atoms with van der Waals surface area (Å²) in [6.07, 6.45) is 1.90. The lowest BCUT2D eigenvalue weighted by atomic mass is 10.1. The van der Waals surface area contributed by atoms with Crippen LogP contribution in [0.15, 0.2) is 109 Å². The quantitative estimate of drug-likeness (QED) is 0.236. The van der Waals surface area contributed by atoms with Crippen LogP contribution in [0.3, 0.4) is 0 Å². The number of amides is 1. The van der Waals surface area contributed by atoms with E-state index in [9.17, 15) is 14.7 Å². The van der Waals surface area contributed by atoms with Crippen LogP contribution in [0.2, 0.25) is 0 Å². The summed E-state index contributed by atoms with van der Waals surface area (Å²) in [7, 11) is 1.84. The molecule has 0 aliphatic carbocycles. The molecule has 1 heterocycles. The number of nitrogens with one attached hydrogen (secondary N) is 1. The second-order valence-electron chi connectivity index (χ2n) is 9.11. The normalized spacial score (nSPS) is 10.7. The summed E-state index contributed by atoms with van der Waals surface area (Å²) in [5, 5.41) is 14.1. The molecule has 0 unspecified atom stereocenters. The van der Waals surface area contributed by atoms with E-state index < -0.39 is 5.97 Å². The maximum Gasteiger partial charge on any atom is 0.373 e. The molecule has 0 spiro atoms. The smallest absolute Gasteiger partial charge is 0.373 e. The standard InChI is InChI=1S/C32H26N2O5/c1-34-20-23(17-30(35)33-29-10-6-5-9-28(29)32(36)37)11-16-31(34)39-27-15-13-24-18-26(14-12-25(24)19-27)38-21-22-7-3-2-4-8-22/h2-16,18-20H,17,21H2,1H3,(H-,33,35,36,37)/p+1. The Balaban J connectivity index is 1.22. The molecule has 2 N–H and O–H groups in total. The Morgan fingerprint density at radius 2 is 1.49 bits per heavy atom. The van der Waals surface area contributed by atoms with Crippen molar-refractivity contribution in [1.29, 1.82) is 0 Å². The molecule has 7 heteroatoms. The first-order chi connectivity index (χ1) is 18.9. The van der Waals surface area contributed by atoms with Gasteiger partial charge in [0.05, 0.1) is 23.7 Å². The van der Waals surface area contributed by atoms with Gasteiger partial charge in [-0.1, -0.05) is 54.6 Å². The van der Waals surface area contributed by atoms with Gasteiger partial charge in [-0.2, -0.15) is 4.57 Å². The van der Waals surface area contributed by atoms with Gasteiger partial charge in [-0.25, -0.2) is 4.79 Å². The van der Waals surface area contributed by atoms with Gasteiger partial charge in [-0.05, 0) is 58.8 Å². The van der Waals surface area contributed by atoms with E-state index in [2.05, 4.69) is 5.32 Å². The fourth-order valence-corrected chi connectivity index (χ4v) is 4.24. The lowest BCUT2D eigenvalue weighted by Gasteiger charge is -2.09. The number of benzene rings is 4. The summed E-state index contributed by atoms with van der Waals surface area (Å²) in [6, 6.07) is 31.8. The highest BCUT2D eigenvalue weighted by molar-refractivity contribution is 6.01. The molecule has 1 amide bonds. The van der Waals surface area contributed by atoms with Gasteiger partial charge < -0.3 is 19.9 Å². The number of aromatic nitrogens is 1. The Bertz CT molecular complexity index is 1650. The molecule has 7 nitrogen and oxygen atoms in total. The van der Waals surface area contributed by atoms with Crippen LogP contribution >= 0.6 is 0 Å². The number of hydrogen-bond acceptors (Lipinski definition) is 4. The predicted octanol–water partition coefficient (Wildman–Crippen LogP) is 5.92. The van der Waals surface area contributed by atoms with Gasteiger partial charge in [0, 0.05) is 5.56 Å². The number of rotatable bonds is 9. The first-order valence-electron chi connectivity index (χ1n) is 12.4. The number of carboxylic acids is 1. The third-order valence-corrected chi connectivity index (χ3v) is 6.20. The van der Waals surface area contributed by atoms with Crippen molar-refractivity contribution in [3.8, 4) is 17.4 Å². The number of hydrogen-bond donors (Lipinski definition) is 2. The van der Waals surface area contributed by atoms with Crippen LogP contribution in [-0.2, 0) is 24.9 Å². The summed E-state index contributed by atoms with van der Waals surface area (Å²) in [4.78, 5) is 23.9. The van der Waals surface area contributed by atoms with Crippen molar-refractivity contribution < 1.29 is 28.7 Å². The average Bonchev–Trinajstić information content (AvgIpc) is 2.94. The fraction of sp³-hybridized carbons (Fsp3) is 0.0938. The van der Waals surface area contributed by atoms with E-state index in [0.29, 0.717) is 18.2 Å². The SMILES string of the molecule is C[n+]1cc(CC(=O)Nc2ccccc2C(=O)O)ccc1Oc1ccc2cc(OCc3ccccc3)ccc2c1. The van der Waals surface area contributed by atoms with E-state index in [1.54, 1.807) is 28.8 Å². The van der Waals surface area contributed by atoms with E-state index in [1.807, 2.05) is 86.0 Å². The van der Waals surface area contributed by atoms with Crippen LogP contribution in [0.1, 0.15) is 21.5 Å². The first kappa shape index (κ1) is 25.5. The van der Waals surface area contributed by atoms with Crippen molar-refractivity contribution >= 4 is 28.3 Å². The number of para-hydroxylation sites is 1. The third-order valence-electron chi connectivity index (χ3n) is 6.20. The topological polar surface area (TPSA) is 88.7 Å². The van der Waals surface area contributed by atoms with E-state index in [0.717, 1.165) is 27.6 Å². The lowest BCUT2D eigenvalue weighted by molar-refractivity contribution is -0.676. The predicted molar refractivity (Wildman–Crippen MR) is 148 cm³/mol. The van der Waals surface area contributed by atoms with E-state index in [-0.39, 0.29) is 23.6 Å². The van der Waals surface area contributed by atoms with E-state index >= 15 is 0 Å². The first-order valence-corrected chi connectivity index (χ1v) is 12.4. The minimum atomic E-state index is -1.09. The molecule has 0 saturated heterocycles. The molecule has 39 heavy (non-hydrogen) atoms. The highest BCUT2D eigenvalue weighted by Gasteiger charge is 2.15. The zero-order chi connectivity index (χ0) is 27.2. The Morgan fingerprint density at radius 1 is 0.795 bits per heavy atom. The van der Waals surface area contributed by atoms with Crippen LogP contribution < -0.4 is 19.4 Å². The van der Waals surface area contributed by atoms with Crippen molar-refractivity contribution in [2.24, 2.45) is 7.05 Å². The van der Waals surface area contributed by atoms with Gasteiger partial charge in [0.25, 0.3) is 0 Å². The molecular formula is C32H27N2O5+. The number of carbonyl (C=O) groups excluding carboxylic acids is 1. The van der Waals surface area contributed by atoms with Gasteiger partial charge in [0.2, 0.25) is 5.91 Å². The summed E-state index contributed by atoms with van der Waals surface area (Å²) >= 11 is 0. The number of carbonyl (C=O) groups is 2. The molecule has 0 radical (unpaired) electrons. The number of pyridine rings is 1. The molecule has 5 aromatic rings. The van der Waals surface area contributed by atoms with E-state index in [1.165, 1.54) is 6.07 Å². The molecule has 0 bridgehead atoms. The van der Waals surface area contributed by atoms with Crippen LogP contribution in [0.5, 0.6) is 17.4 Å². The van der Waals surface area contributed by atoms with Crippen molar-refractivity contribution in [1.82, 2.24) is 0 Å². The largest absolute Gasteiger partial charge is 0.489 e. The molecule has 1 aromatic heterocycles. The minimum Gasteiger partial charge on any atom is -0.489 e. The molecule has 0 fully saturated rings. The number of nitrogens with zero attached hydrogens (tertiary/aromatic N) is 1. The second kappa shape index (κ2) is 11.5. The highest BCUT2D eigenvalue weighted by atomic mass is 16.5. The van der Waals surface area contributed by atoms with Crippen molar-refractivity contribution in [2.45, 2.75) is 13.0 Å². The second-order valence-corrected chi connectivity index (χ2v) is 9.11.